The van der Waals surface area contributed by atoms with Crippen molar-refractivity contribution in [3.05, 3.63) is 24.3 Å². The number of aliphatic hydroxyl groups is 1. The maximum absolute atomic E-state index is 9.86. The lowest BCUT2D eigenvalue weighted by atomic mass is 9.96. The van der Waals surface area contributed by atoms with E-state index in [2.05, 4.69) is 22.0 Å². The lowest BCUT2D eigenvalue weighted by Crippen LogP contribution is -2.42. The summed E-state index contributed by atoms with van der Waals surface area (Å²) in [5.41, 5.74) is 0. The molecule has 0 aromatic carbocycles. The fraction of sp³-hybridized carbons (Fsp3) is 0.538. The number of furan rings is 1. The number of likely N-dealkylation sites (tertiary alicyclic amines) is 1. The van der Waals surface area contributed by atoms with Crippen LogP contribution in [0, 0.1) is 5.92 Å². The zero-order chi connectivity index (χ0) is 13.2. The molecule has 0 aliphatic carbocycles. The molecule has 2 atom stereocenters. The number of aromatic nitrogens is 2. The second-order valence-corrected chi connectivity index (χ2v) is 5.05. The molecule has 0 bridgehead atoms. The van der Waals surface area contributed by atoms with Crippen molar-refractivity contribution in [2.75, 3.05) is 13.1 Å². The molecular weight excluding hydrogens is 246 g/mol. The van der Waals surface area contributed by atoms with E-state index in [0.29, 0.717) is 36.5 Å². The number of hydrogen-bond donors (Lipinski definition) is 1. The molecule has 0 amide bonds. The van der Waals surface area contributed by atoms with Crippen LogP contribution in [0.25, 0.3) is 11.7 Å². The third-order valence-electron chi connectivity index (χ3n) is 3.56. The van der Waals surface area contributed by atoms with E-state index >= 15 is 0 Å². The molecule has 6 heteroatoms. The van der Waals surface area contributed by atoms with Gasteiger partial charge in [0.2, 0.25) is 5.89 Å². The summed E-state index contributed by atoms with van der Waals surface area (Å²) in [6.45, 7) is 4.23. The van der Waals surface area contributed by atoms with E-state index in [9.17, 15) is 5.11 Å². The van der Waals surface area contributed by atoms with Crippen molar-refractivity contribution in [2.24, 2.45) is 5.92 Å². The highest BCUT2D eigenvalue weighted by molar-refractivity contribution is 5.42. The van der Waals surface area contributed by atoms with E-state index in [1.54, 1.807) is 18.4 Å². The van der Waals surface area contributed by atoms with Crippen molar-refractivity contribution in [3.63, 3.8) is 0 Å². The molecule has 3 rings (SSSR count). The summed E-state index contributed by atoms with van der Waals surface area (Å²) in [4.78, 5) is 2.13. The Kier molecular flexibility index (Phi) is 3.35. The number of aliphatic hydroxyl groups excluding tert-OH is 1. The highest BCUT2D eigenvalue weighted by atomic mass is 16.4. The SMILES string of the molecule is CC1CCN(Cc2nnc(-c3ccco3)o2)CC1O. The van der Waals surface area contributed by atoms with Gasteiger partial charge in [-0.2, -0.15) is 0 Å². The Labute approximate surface area is 111 Å². The molecule has 1 aliphatic rings. The van der Waals surface area contributed by atoms with Gasteiger partial charge in [-0.25, -0.2) is 0 Å². The van der Waals surface area contributed by atoms with E-state index in [1.165, 1.54) is 0 Å². The van der Waals surface area contributed by atoms with Crippen LogP contribution in [-0.2, 0) is 6.54 Å². The summed E-state index contributed by atoms with van der Waals surface area (Å²) < 4.78 is 10.8. The van der Waals surface area contributed by atoms with Gasteiger partial charge < -0.3 is 13.9 Å². The molecule has 0 radical (unpaired) electrons. The first-order chi connectivity index (χ1) is 9.22. The maximum atomic E-state index is 9.86. The molecule has 2 unspecified atom stereocenters. The third-order valence-corrected chi connectivity index (χ3v) is 3.56. The van der Waals surface area contributed by atoms with Gasteiger partial charge in [0.05, 0.1) is 18.9 Å². The molecule has 2 aromatic rings. The minimum Gasteiger partial charge on any atom is -0.459 e. The Morgan fingerprint density at radius 3 is 3.11 bits per heavy atom. The fourth-order valence-electron chi connectivity index (χ4n) is 2.27. The Balaban J connectivity index is 1.64. The number of β-amino-alcohol motifs (C(OH)–C–C–N with tert-alkyl or cyclic N) is 1. The number of rotatable bonds is 3. The second-order valence-electron chi connectivity index (χ2n) is 5.05. The Bertz CT molecular complexity index is 523. The van der Waals surface area contributed by atoms with Crippen molar-refractivity contribution in [3.8, 4) is 11.7 Å². The first-order valence-electron chi connectivity index (χ1n) is 6.49. The lowest BCUT2D eigenvalue weighted by molar-refractivity contribution is 0.0227. The number of nitrogens with zero attached hydrogens (tertiary/aromatic N) is 3. The third kappa shape index (κ3) is 2.69. The molecule has 0 saturated carbocycles. The first kappa shape index (κ1) is 12.4. The topological polar surface area (TPSA) is 75.5 Å². The minimum absolute atomic E-state index is 0.277. The quantitative estimate of drug-likeness (QED) is 0.905. The molecule has 1 saturated heterocycles. The maximum Gasteiger partial charge on any atom is 0.283 e. The predicted octanol–water partition coefficient (Wildman–Crippen LogP) is 1.53. The Morgan fingerprint density at radius 1 is 1.47 bits per heavy atom. The van der Waals surface area contributed by atoms with Gasteiger partial charge in [-0.1, -0.05) is 6.92 Å². The molecule has 1 fully saturated rings. The van der Waals surface area contributed by atoms with Crippen molar-refractivity contribution >= 4 is 0 Å². The Morgan fingerprint density at radius 2 is 2.37 bits per heavy atom. The summed E-state index contributed by atoms with van der Waals surface area (Å²) in [7, 11) is 0. The van der Waals surface area contributed by atoms with E-state index in [4.69, 9.17) is 8.83 Å². The minimum atomic E-state index is -0.277. The Hall–Kier alpha value is -1.66. The zero-order valence-electron chi connectivity index (χ0n) is 10.8. The molecule has 0 spiro atoms. The molecule has 1 N–H and O–H groups in total. The molecule has 3 heterocycles. The summed E-state index contributed by atoms with van der Waals surface area (Å²) in [5.74, 6) is 1.88. The fourth-order valence-corrected chi connectivity index (χ4v) is 2.27. The van der Waals surface area contributed by atoms with Crippen molar-refractivity contribution in [1.82, 2.24) is 15.1 Å². The standard InChI is InChI=1S/C13H17N3O3/c1-9-4-5-16(7-10(9)17)8-12-14-15-13(19-12)11-3-2-6-18-11/h2-3,6,9-10,17H,4-5,7-8H2,1H3. The highest BCUT2D eigenvalue weighted by Crippen LogP contribution is 2.21. The van der Waals surface area contributed by atoms with Gasteiger partial charge in [0.15, 0.2) is 5.76 Å². The molecule has 2 aromatic heterocycles. The van der Waals surface area contributed by atoms with Crippen LogP contribution in [0.1, 0.15) is 19.2 Å². The molecule has 102 valence electrons. The van der Waals surface area contributed by atoms with E-state index in [-0.39, 0.29) is 6.10 Å². The van der Waals surface area contributed by atoms with Crippen LogP contribution in [0.3, 0.4) is 0 Å². The predicted molar refractivity (Wildman–Crippen MR) is 67.1 cm³/mol. The average Bonchev–Trinajstić information content (AvgIpc) is 3.04. The number of piperidine rings is 1. The van der Waals surface area contributed by atoms with Crippen LogP contribution in [0.2, 0.25) is 0 Å². The smallest absolute Gasteiger partial charge is 0.283 e. The molecule has 19 heavy (non-hydrogen) atoms. The van der Waals surface area contributed by atoms with Crippen molar-refractivity contribution < 1.29 is 13.9 Å². The van der Waals surface area contributed by atoms with E-state index < -0.39 is 0 Å². The monoisotopic (exact) mass is 263 g/mol. The van der Waals surface area contributed by atoms with Crippen LogP contribution in [-0.4, -0.2) is 39.4 Å². The van der Waals surface area contributed by atoms with Crippen molar-refractivity contribution in [1.29, 1.82) is 0 Å². The normalized spacial score (nSPS) is 24.7. The van der Waals surface area contributed by atoms with Gasteiger partial charge >= 0.3 is 0 Å². The van der Waals surface area contributed by atoms with Crippen LogP contribution in [0.4, 0.5) is 0 Å². The first-order valence-corrected chi connectivity index (χ1v) is 6.49. The van der Waals surface area contributed by atoms with Crippen molar-refractivity contribution in [2.45, 2.75) is 26.0 Å². The van der Waals surface area contributed by atoms with Gasteiger partial charge in [-0.3, -0.25) is 4.90 Å². The molecule has 6 nitrogen and oxygen atoms in total. The second kappa shape index (κ2) is 5.14. The van der Waals surface area contributed by atoms with Gasteiger partial charge in [0.25, 0.3) is 5.89 Å². The average molecular weight is 263 g/mol. The van der Waals surface area contributed by atoms with Crippen LogP contribution < -0.4 is 0 Å². The number of hydrogen-bond acceptors (Lipinski definition) is 6. The largest absolute Gasteiger partial charge is 0.459 e. The van der Waals surface area contributed by atoms with E-state index in [0.717, 1.165) is 13.0 Å². The zero-order valence-corrected chi connectivity index (χ0v) is 10.8. The summed E-state index contributed by atoms with van der Waals surface area (Å²) in [5, 5.41) is 17.8. The van der Waals surface area contributed by atoms with Gasteiger partial charge in [0.1, 0.15) is 0 Å². The summed E-state index contributed by atoms with van der Waals surface area (Å²) >= 11 is 0. The van der Waals surface area contributed by atoms with Crippen LogP contribution in [0.15, 0.2) is 27.2 Å². The van der Waals surface area contributed by atoms with Gasteiger partial charge in [0, 0.05) is 6.54 Å². The lowest BCUT2D eigenvalue weighted by Gasteiger charge is -2.33. The highest BCUT2D eigenvalue weighted by Gasteiger charge is 2.25. The van der Waals surface area contributed by atoms with Crippen LogP contribution in [0.5, 0.6) is 0 Å². The summed E-state index contributed by atoms with van der Waals surface area (Å²) in [6.07, 6.45) is 2.28. The van der Waals surface area contributed by atoms with Gasteiger partial charge in [-0.15, -0.1) is 10.2 Å². The molecule has 1 aliphatic heterocycles. The van der Waals surface area contributed by atoms with E-state index in [1.807, 2.05) is 0 Å². The van der Waals surface area contributed by atoms with Crippen LogP contribution >= 0.6 is 0 Å². The summed E-state index contributed by atoms with van der Waals surface area (Å²) in [6, 6.07) is 3.56. The van der Waals surface area contributed by atoms with Gasteiger partial charge in [-0.05, 0) is 31.0 Å². The molecular formula is C13H17N3O3.